The molecule has 0 bridgehead atoms. The Morgan fingerprint density at radius 1 is 1.23 bits per heavy atom. The van der Waals surface area contributed by atoms with Crippen LogP contribution in [0.2, 0.25) is 0 Å². The number of carbonyl (C=O) groups is 1. The van der Waals surface area contributed by atoms with E-state index < -0.39 is 0 Å². The minimum atomic E-state index is 0.215. The van der Waals surface area contributed by atoms with E-state index in [2.05, 4.69) is 75.6 Å². The van der Waals surface area contributed by atoms with Crippen LogP contribution in [0, 0.1) is 6.92 Å². The van der Waals surface area contributed by atoms with Gasteiger partial charge in [-0.05, 0) is 48.2 Å². The normalized spacial score (nSPS) is 13.9. The Bertz CT molecular complexity index is 1040. The molecule has 3 heterocycles. The number of benzene rings is 1. The highest BCUT2D eigenvalue weighted by molar-refractivity contribution is 7.98. The molecule has 1 saturated heterocycles. The third-order valence-corrected chi connectivity index (χ3v) is 7.70. The zero-order valence-electron chi connectivity index (χ0n) is 18.4. The van der Waals surface area contributed by atoms with Gasteiger partial charge < -0.3 is 9.80 Å². The first-order chi connectivity index (χ1) is 15.1. The molecule has 0 saturated carbocycles. The summed E-state index contributed by atoms with van der Waals surface area (Å²) in [7, 11) is 2.07. The average Bonchev–Trinajstić information content (AvgIpc) is 3.48. The summed E-state index contributed by atoms with van der Waals surface area (Å²) in [4.78, 5) is 18.9. The Kier molecular flexibility index (Phi) is 6.97. The van der Waals surface area contributed by atoms with Crippen molar-refractivity contribution in [3.05, 3.63) is 57.5 Å². The Morgan fingerprint density at radius 2 is 2.06 bits per heavy atom. The lowest BCUT2D eigenvalue weighted by molar-refractivity contribution is -0.128. The van der Waals surface area contributed by atoms with Crippen molar-refractivity contribution in [3.8, 4) is 0 Å². The van der Waals surface area contributed by atoms with E-state index in [-0.39, 0.29) is 5.91 Å². The van der Waals surface area contributed by atoms with Crippen molar-refractivity contribution in [2.45, 2.75) is 50.7 Å². The zero-order chi connectivity index (χ0) is 21.8. The Morgan fingerprint density at radius 3 is 2.77 bits per heavy atom. The number of anilines is 1. The highest BCUT2D eigenvalue weighted by atomic mass is 32.2. The molecule has 0 unspecified atom stereocenters. The molecule has 1 aliphatic rings. The fourth-order valence-corrected chi connectivity index (χ4v) is 5.54. The van der Waals surface area contributed by atoms with E-state index in [1.54, 1.807) is 23.1 Å². The maximum Gasteiger partial charge on any atom is 0.227 e. The molecule has 6 nitrogen and oxygen atoms in total. The van der Waals surface area contributed by atoms with Gasteiger partial charge in [0.1, 0.15) is 0 Å². The quantitative estimate of drug-likeness (QED) is 0.449. The second-order valence-electron chi connectivity index (χ2n) is 7.93. The summed E-state index contributed by atoms with van der Waals surface area (Å²) < 4.78 is 2.20. The fraction of sp³-hybridized carbons (Fsp3) is 0.435. The Balaban J connectivity index is 1.59. The van der Waals surface area contributed by atoms with Crippen LogP contribution in [0.15, 0.2) is 40.6 Å². The van der Waals surface area contributed by atoms with Gasteiger partial charge in [0.15, 0.2) is 5.82 Å². The standard InChI is InChI=1S/C23H29N5OS2/c1-17-11-14-31-19(17)10-13-28-21(16-27-12-6-9-22(27)29)24-25-23(28)26(2)15-18-7-4-5-8-20(18)30-3/h4-5,7-8,11,14H,6,9-10,12-13,15-16H2,1-3H3. The van der Waals surface area contributed by atoms with E-state index in [0.717, 1.165) is 44.2 Å². The van der Waals surface area contributed by atoms with Gasteiger partial charge in [-0.1, -0.05) is 18.2 Å². The molecule has 1 amide bonds. The third-order valence-electron chi connectivity index (χ3n) is 5.78. The lowest BCUT2D eigenvalue weighted by Crippen LogP contribution is -2.27. The van der Waals surface area contributed by atoms with Crippen molar-refractivity contribution in [2.24, 2.45) is 0 Å². The van der Waals surface area contributed by atoms with Crippen molar-refractivity contribution in [1.82, 2.24) is 19.7 Å². The summed E-state index contributed by atoms with van der Waals surface area (Å²) in [5.74, 6) is 1.93. The van der Waals surface area contributed by atoms with E-state index >= 15 is 0 Å². The van der Waals surface area contributed by atoms with Gasteiger partial charge in [0.05, 0.1) is 6.54 Å². The average molecular weight is 456 g/mol. The lowest BCUT2D eigenvalue weighted by atomic mass is 10.2. The van der Waals surface area contributed by atoms with Crippen LogP contribution in [-0.2, 0) is 30.8 Å². The van der Waals surface area contributed by atoms with Crippen LogP contribution in [0.4, 0.5) is 5.95 Å². The zero-order valence-corrected chi connectivity index (χ0v) is 20.0. The van der Waals surface area contributed by atoms with E-state index in [9.17, 15) is 4.79 Å². The van der Waals surface area contributed by atoms with Crippen LogP contribution in [0.5, 0.6) is 0 Å². The number of hydrogen-bond acceptors (Lipinski definition) is 6. The molecule has 0 spiro atoms. The van der Waals surface area contributed by atoms with Crippen LogP contribution in [0.1, 0.15) is 34.7 Å². The molecule has 0 atom stereocenters. The molecule has 0 N–H and O–H groups in total. The molecule has 164 valence electrons. The lowest BCUT2D eigenvalue weighted by Gasteiger charge is -2.22. The van der Waals surface area contributed by atoms with E-state index in [0.29, 0.717) is 13.0 Å². The Labute approximate surface area is 192 Å². The van der Waals surface area contributed by atoms with Crippen molar-refractivity contribution >= 4 is 35.0 Å². The van der Waals surface area contributed by atoms with Crippen molar-refractivity contribution in [1.29, 1.82) is 0 Å². The smallest absolute Gasteiger partial charge is 0.227 e. The first kappa shape index (κ1) is 21.9. The van der Waals surface area contributed by atoms with Gasteiger partial charge in [0.2, 0.25) is 11.9 Å². The molecule has 0 radical (unpaired) electrons. The highest BCUT2D eigenvalue weighted by Gasteiger charge is 2.24. The molecule has 1 aromatic carbocycles. The molecule has 0 aliphatic carbocycles. The van der Waals surface area contributed by atoms with Gasteiger partial charge in [-0.3, -0.25) is 9.36 Å². The monoisotopic (exact) mass is 455 g/mol. The van der Waals surface area contributed by atoms with Gasteiger partial charge in [0.25, 0.3) is 0 Å². The summed E-state index contributed by atoms with van der Waals surface area (Å²) in [5, 5.41) is 11.2. The first-order valence-corrected chi connectivity index (χ1v) is 12.7. The summed E-state index contributed by atoms with van der Waals surface area (Å²) >= 11 is 3.56. The molecule has 8 heteroatoms. The number of amides is 1. The van der Waals surface area contributed by atoms with Crippen molar-refractivity contribution < 1.29 is 4.79 Å². The largest absolute Gasteiger partial charge is 0.340 e. The second kappa shape index (κ2) is 9.87. The predicted molar refractivity (Wildman–Crippen MR) is 128 cm³/mol. The first-order valence-electron chi connectivity index (χ1n) is 10.6. The summed E-state index contributed by atoms with van der Waals surface area (Å²) in [6.07, 6.45) is 4.61. The number of nitrogens with zero attached hydrogens (tertiary/aromatic N) is 5. The van der Waals surface area contributed by atoms with Crippen LogP contribution >= 0.6 is 23.1 Å². The minimum Gasteiger partial charge on any atom is -0.340 e. The number of likely N-dealkylation sites (tertiary alicyclic amines) is 1. The number of carbonyl (C=O) groups excluding carboxylic acids is 1. The van der Waals surface area contributed by atoms with Crippen molar-refractivity contribution in [3.63, 3.8) is 0 Å². The number of aryl methyl sites for hydroxylation is 2. The van der Waals surface area contributed by atoms with E-state index in [1.165, 1.54) is 20.9 Å². The molecule has 3 aromatic rings. The summed E-state index contributed by atoms with van der Waals surface area (Å²) in [6, 6.07) is 10.6. The Hall–Kier alpha value is -2.32. The highest BCUT2D eigenvalue weighted by Crippen LogP contribution is 2.25. The molecule has 1 aliphatic heterocycles. The molecular weight excluding hydrogens is 426 g/mol. The third kappa shape index (κ3) is 4.96. The molecule has 31 heavy (non-hydrogen) atoms. The topological polar surface area (TPSA) is 54.3 Å². The molecular formula is C23H29N5OS2. The van der Waals surface area contributed by atoms with Gasteiger partial charge in [-0.25, -0.2) is 0 Å². The van der Waals surface area contributed by atoms with Gasteiger partial charge in [-0.15, -0.1) is 33.3 Å². The number of hydrogen-bond donors (Lipinski definition) is 0. The summed E-state index contributed by atoms with van der Waals surface area (Å²) in [5.41, 5.74) is 2.61. The van der Waals surface area contributed by atoms with E-state index in [4.69, 9.17) is 0 Å². The van der Waals surface area contributed by atoms with Crippen LogP contribution < -0.4 is 4.90 Å². The molecule has 2 aromatic heterocycles. The maximum absolute atomic E-state index is 12.2. The van der Waals surface area contributed by atoms with Gasteiger partial charge in [-0.2, -0.15) is 0 Å². The van der Waals surface area contributed by atoms with Gasteiger partial charge in [0, 0.05) is 49.3 Å². The van der Waals surface area contributed by atoms with Crippen LogP contribution in [-0.4, -0.2) is 45.4 Å². The maximum atomic E-state index is 12.2. The fourth-order valence-electron chi connectivity index (χ4n) is 4.03. The number of rotatable bonds is 9. The number of aromatic nitrogens is 3. The second-order valence-corrected chi connectivity index (χ2v) is 9.78. The van der Waals surface area contributed by atoms with Crippen LogP contribution in [0.3, 0.4) is 0 Å². The molecule has 4 rings (SSSR count). The predicted octanol–water partition coefficient (Wildman–Crippen LogP) is 4.37. The molecule has 1 fully saturated rings. The summed E-state index contributed by atoms with van der Waals surface area (Å²) in [6.45, 7) is 5.06. The van der Waals surface area contributed by atoms with E-state index in [1.807, 2.05) is 4.90 Å². The van der Waals surface area contributed by atoms with Gasteiger partial charge >= 0.3 is 0 Å². The minimum absolute atomic E-state index is 0.215. The number of thiophene rings is 1. The number of thioether (sulfide) groups is 1. The van der Waals surface area contributed by atoms with Crippen molar-refractivity contribution in [2.75, 3.05) is 24.7 Å². The SMILES string of the molecule is CSc1ccccc1CN(C)c1nnc(CN2CCCC2=O)n1CCc1sccc1C. The van der Waals surface area contributed by atoms with Crippen LogP contribution in [0.25, 0.3) is 0 Å².